The molecule has 3 heteroatoms. The topological polar surface area (TPSA) is 17.1 Å². The van der Waals surface area contributed by atoms with Crippen molar-refractivity contribution < 1.29 is 9.18 Å². The Morgan fingerprint density at radius 1 is 1.46 bits per heavy atom. The van der Waals surface area contributed by atoms with Crippen LogP contribution in [0.2, 0.25) is 0 Å². The maximum absolute atomic E-state index is 13.2. The van der Waals surface area contributed by atoms with Crippen molar-refractivity contribution in [3.05, 3.63) is 34.5 Å². The second-order valence-electron chi connectivity index (χ2n) is 2.85. The number of fused-ring (bicyclic) bond motifs is 1. The van der Waals surface area contributed by atoms with Gasteiger partial charge in [0.05, 0.1) is 0 Å². The maximum Gasteiger partial charge on any atom is 0.150 e. The number of hydrogen-bond acceptors (Lipinski definition) is 2. The predicted molar refractivity (Wildman–Crippen MR) is 51.9 cm³/mol. The number of hydrogen-bond donors (Lipinski definition) is 0. The van der Waals surface area contributed by atoms with E-state index in [1.165, 1.54) is 16.7 Å². The first-order chi connectivity index (χ1) is 6.24. The van der Waals surface area contributed by atoms with Crippen LogP contribution in [0.3, 0.4) is 0 Å². The Balaban J connectivity index is 2.91. The normalized spacial score (nSPS) is 10.6. The van der Waals surface area contributed by atoms with Gasteiger partial charge in [-0.3, -0.25) is 4.79 Å². The number of benzene rings is 1. The Kier molecular flexibility index (Phi) is 1.88. The quantitative estimate of drug-likeness (QED) is 0.637. The summed E-state index contributed by atoms with van der Waals surface area (Å²) in [6.07, 6.45) is 0.756. The van der Waals surface area contributed by atoms with Crippen molar-refractivity contribution >= 4 is 27.7 Å². The highest BCUT2D eigenvalue weighted by molar-refractivity contribution is 7.17. The monoisotopic (exact) mass is 194 g/mol. The molecule has 0 N–H and O–H groups in total. The SMILES string of the molecule is Cc1c(C=O)ccc2scc(F)c12. The van der Waals surface area contributed by atoms with Gasteiger partial charge in [0.1, 0.15) is 12.1 Å². The van der Waals surface area contributed by atoms with E-state index in [1.54, 1.807) is 19.1 Å². The minimum Gasteiger partial charge on any atom is -0.298 e. The van der Waals surface area contributed by atoms with Crippen LogP contribution in [0.1, 0.15) is 15.9 Å². The number of thiophene rings is 1. The van der Waals surface area contributed by atoms with Crippen LogP contribution < -0.4 is 0 Å². The number of rotatable bonds is 1. The first-order valence-corrected chi connectivity index (χ1v) is 4.73. The molecule has 1 aromatic heterocycles. The summed E-state index contributed by atoms with van der Waals surface area (Å²) in [7, 11) is 0. The summed E-state index contributed by atoms with van der Waals surface area (Å²) >= 11 is 1.36. The van der Waals surface area contributed by atoms with E-state index < -0.39 is 0 Å². The first-order valence-electron chi connectivity index (χ1n) is 3.85. The molecule has 0 spiro atoms. The molecule has 1 nitrogen and oxygen atoms in total. The molecule has 0 aliphatic heterocycles. The molecule has 0 radical (unpaired) electrons. The van der Waals surface area contributed by atoms with Crippen LogP contribution in [-0.4, -0.2) is 6.29 Å². The molecule has 0 saturated heterocycles. The van der Waals surface area contributed by atoms with E-state index in [-0.39, 0.29) is 5.82 Å². The fourth-order valence-corrected chi connectivity index (χ4v) is 2.26. The minimum atomic E-state index is -0.235. The van der Waals surface area contributed by atoms with E-state index >= 15 is 0 Å². The van der Waals surface area contributed by atoms with E-state index in [4.69, 9.17) is 0 Å². The molecular formula is C10H7FOS. The summed E-state index contributed by atoms with van der Waals surface area (Å²) < 4.78 is 14.1. The van der Waals surface area contributed by atoms with Gasteiger partial charge in [0.15, 0.2) is 0 Å². The highest BCUT2D eigenvalue weighted by Gasteiger charge is 2.08. The van der Waals surface area contributed by atoms with E-state index in [9.17, 15) is 9.18 Å². The number of carbonyl (C=O) groups excluding carboxylic acids is 1. The van der Waals surface area contributed by atoms with Crippen LogP contribution in [0.5, 0.6) is 0 Å². The third kappa shape index (κ3) is 1.16. The van der Waals surface area contributed by atoms with Gasteiger partial charge in [0.2, 0.25) is 0 Å². The molecule has 0 bridgehead atoms. The molecule has 0 aliphatic carbocycles. The average molecular weight is 194 g/mol. The smallest absolute Gasteiger partial charge is 0.150 e. The summed E-state index contributed by atoms with van der Waals surface area (Å²) in [6, 6.07) is 3.50. The van der Waals surface area contributed by atoms with Crippen LogP contribution in [0.25, 0.3) is 10.1 Å². The van der Waals surface area contributed by atoms with Crippen molar-refractivity contribution in [2.24, 2.45) is 0 Å². The molecule has 1 heterocycles. The van der Waals surface area contributed by atoms with Crippen LogP contribution in [0.15, 0.2) is 17.5 Å². The molecule has 2 rings (SSSR count). The largest absolute Gasteiger partial charge is 0.298 e. The number of halogens is 1. The lowest BCUT2D eigenvalue weighted by Gasteiger charge is -1.99. The fraction of sp³-hybridized carbons (Fsp3) is 0.100. The Bertz CT molecular complexity index is 473. The Hall–Kier alpha value is -1.22. The van der Waals surface area contributed by atoms with Gasteiger partial charge in [-0.1, -0.05) is 0 Å². The molecule has 0 unspecified atom stereocenters. The molecule has 13 heavy (non-hydrogen) atoms. The van der Waals surface area contributed by atoms with Crippen LogP contribution >= 0.6 is 11.3 Å². The van der Waals surface area contributed by atoms with Gasteiger partial charge < -0.3 is 0 Å². The van der Waals surface area contributed by atoms with Crippen molar-refractivity contribution in [1.29, 1.82) is 0 Å². The van der Waals surface area contributed by atoms with Crippen molar-refractivity contribution in [2.45, 2.75) is 6.92 Å². The molecule has 0 aliphatic rings. The van der Waals surface area contributed by atoms with E-state index in [2.05, 4.69) is 0 Å². The van der Waals surface area contributed by atoms with Crippen molar-refractivity contribution in [3.8, 4) is 0 Å². The van der Waals surface area contributed by atoms with Crippen molar-refractivity contribution in [2.75, 3.05) is 0 Å². The van der Waals surface area contributed by atoms with Crippen LogP contribution in [0, 0.1) is 12.7 Å². The van der Waals surface area contributed by atoms with Crippen LogP contribution in [-0.2, 0) is 0 Å². The summed E-state index contributed by atoms with van der Waals surface area (Å²) in [5.41, 5.74) is 1.29. The lowest BCUT2D eigenvalue weighted by molar-refractivity contribution is 0.112. The number of carbonyl (C=O) groups is 1. The second kappa shape index (κ2) is 2.92. The first kappa shape index (κ1) is 8.38. The summed E-state index contributed by atoms with van der Waals surface area (Å²) in [4.78, 5) is 10.6. The molecule has 1 aromatic carbocycles. The zero-order valence-corrected chi connectivity index (χ0v) is 7.82. The van der Waals surface area contributed by atoms with Gasteiger partial charge in [-0.25, -0.2) is 4.39 Å². The fourth-order valence-electron chi connectivity index (χ4n) is 1.40. The third-order valence-electron chi connectivity index (χ3n) is 2.12. The molecule has 0 amide bonds. The second-order valence-corrected chi connectivity index (χ2v) is 3.77. The molecule has 0 fully saturated rings. The van der Waals surface area contributed by atoms with Crippen molar-refractivity contribution in [3.63, 3.8) is 0 Å². The predicted octanol–water partition coefficient (Wildman–Crippen LogP) is 3.16. The Labute approximate surface area is 78.8 Å². The van der Waals surface area contributed by atoms with Crippen molar-refractivity contribution in [1.82, 2.24) is 0 Å². The summed E-state index contributed by atoms with van der Waals surface area (Å²) in [5.74, 6) is -0.235. The van der Waals surface area contributed by atoms with E-state index in [1.807, 2.05) is 0 Å². The Morgan fingerprint density at radius 2 is 2.23 bits per heavy atom. The molecule has 0 saturated carbocycles. The molecule has 2 aromatic rings. The highest BCUT2D eigenvalue weighted by atomic mass is 32.1. The van der Waals surface area contributed by atoms with Gasteiger partial charge in [-0.2, -0.15) is 0 Å². The van der Waals surface area contributed by atoms with Crippen LogP contribution in [0.4, 0.5) is 4.39 Å². The third-order valence-corrected chi connectivity index (χ3v) is 3.04. The Morgan fingerprint density at radius 3 is 2.92 bits per heavy atom. The van der Waals surface area contributed by atoms with E-state index in [0.29, 0.717) is 10.9 Å². The zero-order valence-electron chi connectivity index (χ0n) is 7.00. The highest BCUT2D eigenvalue weighted by Crippen LogP contribution is 2.28. The van der Waals surface area contributed by atoms with Gasteiger partial charge in [0, 0.05) is 21.0 Å². The zero-order chi connectivity index (χ0) is 9.42. The summed E-state index contributed by atoms with van der Waals surface area (Å²) in [5, 5.41) is 2.04. The average Bonchev–Trinajstić information content (AvgIpc) is 2.49. The lowest BCUT2D eigenvalue weighted by Crippen LogP contribution is -1.86. The molecule has 0 atom stereocenters. The molecule has 66 valence electrons. The number of aldehydes is 1. The summed E-state index contributed by atoms with van der Waals surface area (Å²) in [6.45, 7) is 1.77. The van der Waals surface area contributed by atoms with Gasteiger partial charge in [-0.05, 0) is 24.6 Å². The van der Waals surface area contributed by atoms with Gasteiger partial charge >= 0.3 is 0 Å². The van der Waals surface area contributed by atoms with Gasteiger partial charge in [-0.15, -0.1) is 11.3 Å². The van der Waals surface area contributed by atoms with E-state index in [0.717, 1.165) is 16.5 Å². The maximum atomic E-state index is 13.2. The lowest BCUT2D eigenvalue weighted by atomic mass is 10.1. The molecular weight excluding hydrogens is 187 g/mol. The standard InChI is InChI=1S/C10H7FOS/c1-6-7(4-12)2-3-9-10(6)8(11)5-13-9/h2-5H,1H3. The number of aryl methyl sites for hydroxylation is 1. The minimum absolute atomic E-state index is 0.235. The van der Waals surface area contributed by atoms with Gasteiger partial charge in [0.25, 0.3) is 0 Å².